The van der Waals surface area contributed by atoms with Crippen LogP contribution >= 0.6 is 0 Å². The second-order valence-corrected chi connectivity index (χ2v) is 6.63. The lowest BCUT2D eigenvalue weighted by atomic mass is 10.0. The van der Waals surface area contributed by atoms with E-state index < -0.39 is 5.82 Å². The van der Waals surface area contributed by atoms with Crippen LogP contribution in [0, 0.1) is 36.2 Å². The molecule has 0 radical (unpaired) electrons. The van der Waals surface area contributed by atoms with Crippen LogP contribution in [0.15, 0.2) is 72.8 Å². The van der Waals surface area contributed by atoms with Gasteiger partial charge in [0.1, 0.15) is 17.5 Å². The van der Waals surface area contributed by atoms with E-state index in [1.54, 1.807) is 49.4 Å². The van der Waals surface area contributed by atoms with Crippen LogP contribution in [0.1, 0.15) is 16.7 Å². The average molecular weight is 372 g/mol. The van der Waals surface area contributed by atoms with Crippen molar-refractivity contribution in [3.8, 4) is 23.0 Å². The number of fused-ring (bicyclic) bond motifs is 1. The van der Waals surface area contributed by atoms with E-state index in [1.807, 2.05) is 6.07 Å². The Morgan fingerprint density at radius 2 is 1.43 bits per heavy atom. The second-order valence-electron chi connectivity index (χ2n) is 6.63. The largest absolute Gasteiger partial charge is 0.207 e. The van der Waals surface area contributed by atoms with Crippen molar-refractivity contribution in [1.29, 1.82) is 0 Å². The molecule has 0 spiro atoms. The first-order chi connectivity index (χ1) is 13.5. The van der Waals surface area contributed by atoms with E-state index >= 15 is 0 Å². The molecule has 3 heteroatoms. The molecule has 0 unspecified atom stereocenters. The molecular formula is C25H15F3. The molecule has 4 aromatic rings. The van der Waals surface area contributed by atoms with Crippen LogP contribution in [0.4, 0.5) is 13.2 Å². The van der Waals surface area contributed by atoms with Crippen molar-refractivity contribution >= 4 is 10.8 Å². The Morgan fingerprint density at radius 3 is 2.21 bits per heavy atom. The standard InChI is InChI=1S/C25H15F3/c1-16-2-11-23(25(28)12-16)21-8-7-18(24(27)15-21)5-3-17-4-6-20-14-22(26)10-9-19(20)13-17/h2,4,6-15H,1H3. The van der Waals surface area contributed by atoms with E-state index in [0.29, 0.717) is 16.7 Å². The van der Waals surface area contributed by atoms with Crippen molar-refractivity contribution in [2.24, 2.45) is 0 Å². The van der Waals surface area contributed by atoms with E-state index in [-0.39, 0.29) is 17.2 Å². The topological polar surface area (TPSA) is 0 Å². The predicted molar refractivity (Wildman–Crippen MR) is 106 cm³/mol. The molecule has 0 saturated carbocycles. The van der Waals surface area contributed by atoms with Gasteiger partial charge in [-0.25, -0.2) is 13.2 Å². The fraction of sp³-hybridized carbons (Fsp3) is 0.0400. The van der Waals surface area contributed by atoms with Crippen LogP contribution in [-0.2, 0) is 0 Å². The fourth-order valence-electron chi connectivity index (χ4n) is 3.07. The van der Waals surface area contributed by atoms with Gasteiger partial charge in [0.25, 0.3) is 0 Å². The molecule has 0 atom stereocenters. The zero-order chi connectivity index (χ0) is 19.7. The highest BCUT2D eigenvalue weighted by Crippen LogP contribution is 2.25. The molecule has 0 nitrogen and oxygen atoms in total. The highest BCUT2D eigenvalue weighted by Gasteiger charge is 2.08. The molecule has 0 N–H and O–H groups in total. The summed E-state index contributed by atoms with van der Waals surface area (Å²) in [6.45, 7) is 1.80. The molecule has 0 fully saturated rings. The lowest BCUT2D eigenvalue weighted by Crippen LogP contribution is -1.89. The number of benzene rings is 4. The van der Waals surface area contributed by atoms with Crippen LogP contribution < -0.4 is 0 Å². The monoisotopic (exact) mass is 372 g/mol. The maximum Gasteiger partial charge on any atom is 0.139 e. The van der Waals surface area contributed by atoms with Crippen LogP contribution in [0.3, 0.4) is 0 Å². The Labute approximate surface area is 161 Å². The first-order valence-corrected chi connectivity index (χ1v) is 8.77. The van der Waals surface area contributed by atoms with Gasteiger partial charge in [0.05, 0.1) is 5.56 Å². The summed E-state index contributed by atoms with van der Waals surface area (Å²) in [4.78, 5) is 0. The molecule has 0 heterocycles. The predicted octanol–water partition coefficient (Wildman–Crippen LogP) is 6.63. The average Bonchev–Trinajstić information content (AvgIpc) is 2.67. The molecule has 28 heavy (non-hydrogen) atoms. The van der Waals surface area contributed by atoms with Crippen LogP contribution in [-0.4, -0.2) is 0 Å². The minimum atomic E-state index is -0.507. The SMILES string of the molecule is Cc1ccc(-c2ccc(C#Cc3ccc4cc(F)ccc4c3)c(F)c2)c(F)c1. The number of halogens is 3. The maximum absolute atomic E-state index is 14.5. The van der Waals surface area contributed by atoms with Gasteiger partial charge in [-0.3, -0.25) is 0 Å². The third-order valence-electron chi connectivity index (χ3n) is 4.55. The maximum atomic E-state index is 14.5. The number of hydrogen-bond acceptors (Lipinski definition) is 0. The van der Waals surface area contributed by atoms with Gasteiger partial charge in [-0.05, 0) is 71.3 Å². The molecule has 4 aromatic carbocycles. The normalized spacial score (nSPS) is 10.6. The van der Waals surface area contributed by atoms with Gasteiger partial charge < -0.3 is 0 Å². The third kappa shape index (κ3) is 3.63. The minimum absolute atomic E-state index is 0.232. The molecule has 0 aliphatic carbocycles. The van der Waals surface area contributed by atoms with Crippen molar-refractivity contribution in [2.75, 3.05) is 0 Å². The van der Waals surface area contributed by atoms with Crippen molar-refractivity contribution in [1.82, 2.24) is 0 Å². The zero-order valence-electron chi connectivity index (χ0n) is 15.1. The van der Waals surface area contributed by atoms with E-state index in [0.717, 1.165) is 16.3 Å². The smallest absolute Gasteiger partial charge is 0.139 e. The van der Waals surface area contributed by atoms with Crippen molar-refractivity contribution in [2.45, 2.75) is 6.92 Å². The van der Waals surface area contributed by atoms with E-state index in [4.69, 9.17) is 0 Å². The summed E-state index contributed by atoms with van der Waals surface area (Å²) in [5, 5.41) is 1.64. The number of rotatable bonds is 1. The minimum Gasteiger partial charge on any atom is -0.207 e. The first-order valence-electron chi connectivity index (χ1n) is 8.77. The highest BCUT2D eigenvalue weighted by molar-refractivity contribution is 5.84. The van der Waals surface area contributed by atoms with Crippen molar-refractivity contribution in [3.05, 3.63) is 107 Å². The molecule has 0 aliphatic heterocycles. The van der Waals surface area contributed by atoms with Gasteiger partial charge in [-0.15, -0.1) is 0 Å². The van der Waals surface area contributed by atoms with Crippen molar-refractivity contribution in [3.63, 3.8) is 0 Å². The van der Waals surface area contributed by atoms with Crippen LogP contribution in [0.2, 0.25) is 0 Å². The lowest BCUT2D eigenvalue weighted by Gasteiger charge is -2.05. The van der Waals surface area contributed by atoms with Gasteiger partial charge >= 0.3 is 0 Å². The lowest BCUT2D eigenvalue weighted by molar-refractivity contribution is 0.622. The summed E-state index contributed by atoms with van der Waals surface area (Å²) in [6.07, 6.45) is 0. The first kappa shape index (κ1) is 17.9. The van der Waals surface area contributed by atoms with Crippen LogP contribution in [0.5, 0.6) is 0 Å². The fourth-order valence-corrected chi connectivity index (χ4v) is 3.07. The summed E-state index contributed by atoms with van der Waals surface area (Å²) in [7, 11) is 0. The van der Waals surface area contributed by atoms with Gasteiger partial charge in [0.15, 0.2) is 0 Å². The summed E-state index contributed by atoms with van der Waals surface area (Å²) in [5.74, 6) is 4.56. The second kappa shape index (κ2) is 7.25. The van der Waals surface area contributed by atoms with E-state index in [1.165, 1.54) is 24.3 Å². The summed E-state index contributed by atoms with van der Waals surface area (Å²) in [6, 6.07) is 19.3. The Morgan fingerprint density at radius 1 is 0.643 bits per heavy atom. The van der Waals surface area contributed by atoms with Gasteiger partial charge in [0.2, 0.25) is 0 Å². The summed E-state index contributed by atoms with van der Waals surface area (Å²) < 4.78 is 41.9. The molecule has 0 bridgehead atoms. The quantitative estimate of drug-likeness (QED) is 0.329. The Bertz CT molecular complexity index is 1260. The Kier molecular flexibility index (Phi) is 4.63. The molecule has 0 amide bonds. The Hall–Kier alpha value is -3.51. The van der Waals surface area contributed by atoms with Gasteiger partial charge in [-0.1, -0.05) is 42.2 Å². The third-order valence-corrected chi connectivity index (χ3v) is 4.55. The number of hydrogen-bond donors (Lipinski definition) is 0. The zero-order valence-corrected chi connectivity index (χ0v) is 15.1. The highest BCUT2D eigenvalue weighted by atomic mass is 19.1. The molecule has 4 rings (SSSR count). The number of aryl methyl sites for hydroxylation is 1. The molecule has 0 aromatic heterocycles. The van der Waals surface area contributed by atoms with Gasteiger partial charge in [-0.2, -0.15) is 0 Å². The van der Waals surface area contributed by atoms with E-state index in [2.05, 4.69) is 11.8 Å². The molecular weight excluding hydrogens is 357 g/mol. The molecule has 0 saturated heterocycles. The summed E-state index contributed by atoms with van der Waals surface area (Å²) in [5.41, 5.74) is 2.56. The van der Waals surface area contributed by atoms with Crippen LogP contribution in [0.25, 0.3) is 21.9 Å². The summed E-state index contributed by atoms with van der Waals surface area (Å²) >= 11 is 0. The molecule has 0 aliphatic rings. The molecule has 136 valence electrons. The van der Waals surface area contributed by atoms with Crippen molar-refractivity contribution < 1.29 is 13.2 Å². The van der Waals surface area contributed by atoms with E-state index in [9.17, 15) is 13.2 Å². The van der Waals surface area contributed by atoms with Gasteiger partial charge in [0, 0.05) is 11.1 Å². The Balaban J connectivity index is 1.65.